The van der Waals surface area contributed by atoms with Crippen LogP contribution in [-0.2, 0) is 0 Å². The molecule has 0 saturated carbocycles. The van der Waals surface area contributed by atoms with Gasteiger partial charge in [-0.05, 0) is 12.1 Å². The molecule has 9 heteroatoms. The summed E-state index contributed by atoms with van der Waals surface area (Å²) in [4.78, 5) is 22.2. The van der Waals surface area contributed by atoms with Gasteiger partial charge in [-0.1, -0.05) is 25.2 Å². The van der Waals surface area contributed by atoms with Crippen LogP contribution in [0.1, 0.15) is 35.1 Å². The molecule has 0 unspecified atom stereocenters. The normalized spacial score (nSPS) is 10.6. The fraction of sp³-hybridized carbons (Fsp3) is 0.250. The molecule has 0 bridgehead atoms. The van der Waals surface area contributed by atoms with E-state index in [1.165, 1.54) is 23.5 Å². The number of hydrogen-bond donors (Lipinski definition) is 2. The maximum absolute atomic E-state index is 12.0. The summed E-state index contributed by atoms with van der Waals surface area (Å²) in [6.45, 7) is 3.94. The predicted octanol–water partition coefficient (Wildman–Crippen LogP) is 2.40. The van der Waals surface area contributed by atoms with Crippen molar-refractivity contribution in [3.8, 4) is 0 Å². The van der Waals surface area contributed by atoms with Crippen LogP contribution >= 0.6 is 11.3 Å². The van der Waals surface area contributed by atoms with Crippen LogP contribution < -0.4 is 11.1 Å². The number of nitrogen functional groups attached to an aromatic ring is 1. The standard InChI is InChI=1S/C12H13N5O3S/c1-6(2)11-15-16-12(21-11)14-10(18)7-3-4-8(13)9(5-7)17(19)20/h3-6H,13H2,1-2H3,(H,14,16,18). The molecule has 1 aromatic heterocycles. The van der Waals surface area contributed by atoms with Gasteiger partial charge in [0, 0.05) is 17.5 Å². The average molecular weight is 307 g/mol. The number of anilines is 2. The molecule has 0 aliphatic carbocycles. The van der Waals surface area contributed by atoms with Gasteiger partial charge in [-0.25, -0.2) is 0 Å². The van der Waals surface area contributed by atoms with Crippen molar-refractivity contribution < 1.29 is 9.72 Å². The summed E-state index contributed by atoms with van der Waals surface area (Å²) in [5.41, 5.74) is 5.33. The van der Waals surface area contributed by atoms with Crippen LogP contribution in [0, 0.1) is 10.1 Å². The van der Waals surface area contributed by atoms with Crippen LogP contribution in [0.2, 0.25) is 0 Å². The number of rotatable bonds is 4. The number of amides is 1. The third-order valence-corrected chi connectivity index (χ3v) is 3.78. The predicted molar refractivity (Wildman–Crippen MR) is 79.5 cm³/mol. The van der Waals surface area contributed by atoms with Gasteiger partial charge in [0.15, 0.2) is 0 Å². The Morgan fingerprint density at radius 3 is 2.71 bits per heavy atom. The summed E-state index contributed by atoms with van der Waals surface area (Å²) in [6.07, 6.45) is 0. The Kier molecular flexibility index (Phi) is 4.13. The van der Waals surface area contributed by atoms with E-state index >= 15 is 0 Å². The van der Waals surface area contributed by atoms with Crippen molar-refractivity contribution in [1.82, 2.24) is 10.2 Å². The fourth-order valence-electron chi connectivity index (χ4n) is 1.53. The van der Waals surface area contributed by atoms with E-state index in [1.807, 2.05) is 13.8 Å². The third kappa shape index (κ3) is 3.31. The van der Waals surface area contributed by atoms with Crippen molar-refractivity contribution in [2.45, 2.75) is 19.8 Å². The number of nitrogens with one attached hydrogen (secondary N) is 1. The van der Waals surface area contributed by atoms with Crippen LogP contribution in [0.25, 0.3) is 0 Å². The van der Waals surface area contributed by atoms with Crippen molar-refractivity contribution in [2.75, 3.05) is 11.1 Å². The molecule has 2 rings (SSSR count). The molecule has 0 aliphatic heterocycles. The molecule has 0 saturated heterocycles. The lowest BCUT2D eigenvalue weighted by atomic mass is 10.1. The summed E-state index contributed by atoms with van der Waals surface area (Å²) < 4.78 is 0. The van der Waals surface area contributed by atoms with Gasteiger partial charge >= 0.3 is 0 Å². The monoisotopic (exact) mass is 307 g/mol. The first-order valence-corrected chi connectivity index (χ1v) is 6.88. The highest BCUT2D eigenvalue weighted by Crippen LogP contribution is 2.25. The summed E-state index contributed by atoms with van der Waals surface area (Å²) in [5.74, 6) is -0.282. The van der Waals surface area contributed by atoms with Gasteiger partial charge in [-0.2, -0.15) is 0 Å². The molecule has 0 atom stereocenters. The molecule has 1 aromatic carbocycles. The maximum atomic E-state index is 12.0. The van der Waals surface area contributed by atoms with Gasteiger partial charge in [-0.3, -0.25) is 20.2 Å². The minimum atomic E-state index is -0.631. The fourth-order valence-corrected chi connectivity index (χ4v) is 2.27. The largest absolute Gasteiger partial charge is 0.393 e. The van der Waals surface area contributed by atoms with Crippen LogP contribution in [-0.4, -0.2) is 21.0 Å². The van der Waals surface area contributed by atoms with E-state index in [4.69, 9.17) is 5.73 Å². The molecule has 21 heavy (non-hydrogen) atoms. The van der Waals surface area contributed by atoms with E-state index in [0.29, 0.717) is 5.13 Å². The number of hydrogen-bond acceptors (Lipinski definition) is 7. The van der Waals surface area contributed by atoms with Gasteiger partial charge in [0.25, 0.3) is 11.6 Å². The Bertz CT molecular complexity index is 698. The number of aromatic nitrogens is 2. The molecular weight excluding hydrogens is 294 g/mol. The zero-order valence-corrected chi connectivity index (χ0v) is 12.2. The molecule has 0 aliphatic rings. The van der Waals surface area contributed by atoms with Gasteiger partial charge < -0.3 is 5.73 Å². The Morgan fingerprint density at radius 1 is 1.43 bits per heavy atom. The Morgan fingerprint density at radius 2 is 2.14 bits per heavy atom. The van der Waals surface area contributed by atoms with E-state index in [2.05, 4.69) is 15.5 Å². The summed E-state index contributed by atoms with van der Waals surface area (Å²) >= 11 is 1.26. The van der Waals surface area contributed by atoms with Crippen molar-refractivity contribution in [3.63, 3.8) is 0 Å². The highest BCUT2D eigenvalue weighted by molar-refractivity contribution is 7.15. The molecule has 8 nitrogen and oxygen atoms in total. The zero-order valence-electron chi connectivity index (χ0n) is 11.4. The van der Waals surface area contributed by atoms with Gasteiger partial charge in [0.1, 0.15) is 10.7 Å². The molecule has 1 amide bonds. The van der Waals surface area contributed by atoms with Crippen LogP contribution in [0.4, 0.5) is 16.5 Å². The molecule has 0 radical (unpaired) electrons. The Hall–Kier alpha value is -2.55. The summed E-state index contributed by atoms with van der Waals surface area (Å²) in [6, 6.07) is 3.88. The Balaban J connectivity index is 2.20. The quantitative estimate of drug-likeness (QED) is 0.507. The molecular formula is C12H13N5O3S. The SMILES string of the molecule is CC(C)c1nnc(NC(=O)c2ccc(N)c([N+](=O)[O-])c2)s1. The second-order valence-corrected chi connectivity index (χ2v) is 5.59. The number of nitrogens with two attached hydrogens (primary N) is 1. The molecule has 3 N–H and O–H groups in total. The highest BCUT2D eigenvalue weighted by atomic mass is 32.1. The van der Waals surface area contributed by atoms with Gasteiger partial charge in [0.05, 0.1) is 4.92 Å². The first-order chi connectivity index (χ1) is 9.88. The van der Waals surface area contributed by atoms with Gasteiger partial charge in [0.2, 0.25) is 5.13 Å². The lowest BCUT2D eigenvalue weighted by molar-refractivity contribution is -0.383. The zero-order chi connectivity index (χ0) is 15.6. The van der Waals surface area contributed by atoms with E-state index in [-0.39, 0.29) is 22.9 Å². The van der Waals surface area contributed by atoms with E-state index in [1.54, 1.807) is 0 Å². The van der Waals surface area contributed by atoms with Crippen molar-refractivity contribution in [2.24, 2.45) is 0 Å². The summed E-state index contributed by atoms with van der Waals surface area (Å²) in [5, 5.41) is 22.3. The van der Waals surface area contributed by atoms with E-state index < -0.39 is 10.8 Å². The van der Waals surface area contributed by atoms with Crippen LogP contribution in [0.15, 0.2) is 18.2 Å². The molecule has 110 valence electrons. The second-order valence-electron chi connectivity index (χ2n) is 4.58. The molecule has 1 heterocycles. The first-order valence-electron chi connectivity index (χ1n) is 6.07. The number of nitrogens with zero attached hydrogens (tertiary/aromatic N) is 3. The number of nitro groups is 1. The molecule has 0 spiro atoms. The number of nitro benzene ring substituents is 1. The maximum Gasteiger partial charge on any atom is 0.292 e. The van der Waals surface area contributed by atoms with Crippen LogP contribution in [0.5, 0.6) is 0 Å². The molecule has 2 aromatic rings. The lowest BCUT2D eigenvalue weighted by Gasteiger charge is -2.02. The third-order valence-electron chi connectivity index (χ3n) is 2.64. The van der Waals surface area contributed by atoms with Crippen molar-refractivity contribution in [3.05, 3.63) is 38.9 Å². The number of carbonyl (C=O) groups is 1. The summed E-state index contributed by atoms with van der Waals surface area (Å²) in [7, 11) is 0. The van der Waals surface area contributed by atoms with Crippen molar-refractivity contribution in [1.29, 1.82) is 0 Å². The van der Waals surface area contributed by atoms with Crippen LogP contribution in [0.3, 0.4) is 0 Å². The van der Waals surface area contributed by atoms with Gasteiger partial charge in [-0.15, -0.1) is 10.2 Å². The van der Waals surface area contributed by atoms with E-state index in [9.17, 15) is 14.9 Å². The highest BCUT2D eigenvalue weighted by Gasteiger charge is 2.17. The average Bonchev–Trinajstić information content (AvgIpc) is 2.87. The second kappa shape index (κ2) is 5.83. The minimum Gasteiger partial charge on any atom is -0.393 e. The molecule has 0 fully saturated rings. The lowest BCUT2D eigenvalue weighted by Crippen LogP contribution is -2.12. The number of carbonyl (C=O) groups excluding carboxylic acids is 1. The van der Waals surface area contributed by atoms with Crippen molar-refractivity contribution >= 4 is 33.8 Å². The smallest absolute Gasteiger partial charge is 0.292 e. The Labute approximate surface area is 124 Å². The minimum absolute atomic E-state index is 0.00885. The topological polar surface area (TPSA) is 124 Å². The first kappa shape index (κ1) is 14.9. The van der Waals surface area contributed by atoms with E-state index in [0.717, 1.165) is 11.1 Å². The number of benzene rings is 1.